The molecule has 2 aromatic carbocycles. The third kappa shape index (κ3) is 5.04. The zero-order valence-electron chi connectivity index (χ0n) is 24.8. The number of halogens is 3. The Kier molecular flexibility index (Phi) is 7.54. The number of alkyl halides is 1. The van der Waals surface area contributed by atoms with Crippen molar-refractivity contribution in [3.63, 3.8) is 0 Å². The van der Waals surface area contributed by atoms with Crippen molar-refractivity contribution in [1.82, 2.24) is 19.9 Å². The molecule has 0 amide bonds. The van der Waals surface area contributed by atoms with E-state index >= 15 is 4.39 Å². The van der Waals surface area contributed by atoms with Crippen molar-refractivity contribution in [1.29, 1.82) is 0 Å². The lowest BCUT2D eigenvalue weighted by Gasteiger charge is -2.31. The van der Waals surface area contributed by atoms with Crippen LogP contribution < -0.4 is 14.4 Å². The van der Waals surface area contributed by atoms with Gasteiger partial charge < -0.3 is 24.2 Å². The van der Waals surface area contributed by atoms with Crippen LogP contribution in [0.2, 0.25) is 0 Å². The van der Waals surface area contributed by atoms with Crippen LogP contribution in [-0.2, 0) is 4.74 Å². The number of methoxy groups -OCH3 is 1. The lowest BCUT2D eigenvalue weighted by Crippen LogP contribution is -2.43. The molecule has 3 fully saturated rings. The van der Waals surface area contributed by atoms with Gasteiger partial charge >= 0.3 is 6.01 Å². The van der Waals surface area contributed by atoms with Crippen LogP contribution in [0, 0.1) is 24.0 Å². The average molecular weight is 620 g/mol. The van der Waals surface area contributed by atoms with Crippen molar-refractivity contribution in [3.8, 4) is 41.2 Å². The minimum absolute atomic E-state index is 0.0277. The summed E-state index contributed by atoms with van der Waals surface area (Å²) in [4.78, 5) is 17.9. The fourth-order valence-electron chi connectivity index (χ4n) is 7.08. The number of anilines is 1. The number of terminal acetylenes is 1. The molecule has 4 aromatic rings. The van der Waals surface area contributed by atoms with Gasteiger partial charge in [0.15, 0.2) is 5.82 Å². The number of ether oxygens (including phenoxy) is 3. The van der Waals surface area contributed by atoms with Gasteiger partial charge in [-0.1, -0.05) is 12.0 Å². The van der Waals surface area contributed by atoms with Crippen molar-refractivity contribution < 1.29 is 32.5 Å². The fraction of sp³-hybridized carbons (Fsp3) is 0.424. The summed E-state index contributed by atoms with van der Waals surface area (Å²) < 4.78 is 63.8. The second-order valence-electron chi connectivity index (χ2n) is 11.8. The lowest BCUT2D eigenvalue weighted by atomic mass is 9.95. The maximum absolute atomic E-state index is 16.9. The molecule has 2 atom stereocenters. The summed E-state index contributed by atoms with van der Waals surface area (Å²) in [6, 6.07) is 5.28. The van der Waals surface area contributed by atoms with E-state index in [-0.39, 0.29) is 57.4 Å². The molecular formula is C33H32F3N5O4. The van der Waals surface area contributed by atoms with Crippen molar-refractivity contribution in [3.05, 3.63) is 41.5 Å². The van der Waals surface area contributed by atoms with E-state index in [0.717, 1.165) is 19.4 Å². The quantitative estimate of drug-likeness (QED) is 0.300. The molecule has 9 nitrogen and oxygen atoms in total. The molecule has 3 aliphatic rings. The molecule has 0 spiro atoms. The van der Waals surface area contributed by atoms with Gasteiger partial charge in [0.05, 0.1) is 24.8 Å². The van der Waals surface area contributed by atoms with E-state index < -0.39 is 23.3 Å². The van der Waals surface area contributed by atoms with Gasteiger partial charge in [0.1, 0.15) is 46.8 Å². The molecule has 1 N–H and O–H groups in total. The maximum Gasteiger partial charge on any atom is 0.319 e. The van der Waals surface area contributed by atoms with E-state index in [4.69, 9.17) is 25.6 Å². The number of phenolic OH excluding ortho intramolecular Hbond substituents is 1. The summed E-state index contributed by atoms with van der Waals surface area (Å²) in [6.45, 7) is 3.35. The van der Waals surface area contributed by atoms with Crippen molar-refractivity contribution >= 4 is 27.5 Å². The van der Waals surface area contributed by atoms with Gasteiger partial charge in [0, 0.05) is 43.6 Å². The smallest absolute Gasteiger partial charge is 0.319 e. The zero-order valence-corrected chi connectivity index (χ0v) is 24.8. The number of rotatable bonds is 6. The van der Waals surface area contributed by atoms with Crippen molar-refractivity contribution in [2.45, 2.75) is 37.4 Å². The van der Waals surface area contributed by atoms with Crippen LogP contribution in [0.15, 0.2) is 24.3 Å². The van der Waals surface area contributed by atoms with Crippen LogP contribution in [0.4, 0.5) is 19.0 Å². The van der Waals surface area contributed by atoms with Crippen LogP contribution in [-0.4, -0.2) is 89.8 Å². The largest absolute Gasteiger partial charge is 0.508 e. The molecule has 7 rings (SSSR count). The van der Waals surface area contributed by atoms with E-state index in [2.05, 4.69) is 20.8 Å². The van der Waals surface area contributed by atoms with E-state index in [1.807, 2.05) is 4.90 Å². The number of aromatic nitrogens is 3. The molecule has 234 valence electrons. The van der Waals surface area contributed by atoms with Crippen LogP contribution in [0.25, 0.3) is 32.9 Å². The molecule has 0 saturated carbocycles. The first-order chi connectivity index (χ1) is 21.8. The number of pyridine rings is 1. The van der Waals surface area contributed by atoms with Gasteiger partial charge in [0.25, 0.3) is 0 Å². The Bertz CT molecular complexity index is 1840. The van der Waals surface area contributed by atoms with Crippen LogP contribution in [0.5, 0.6) is 17.6 Å². The molecule has 45 heavy (non-hydrogen) atoms. The Morgan fingerprint density at radius 2 is 1.98 bits per heavy atom. The standard InChI is InChI=1S/C33H32F3N5O4/c1-3-22-24(35)7-6-19-14-21(42)15-23(25(19)22)28-27(36)29-26(31(37-28)43-2)30(40-9-5-12-44-13-11-40)39-32(38-29)45-18-33-8-4-10-41(33)17-20(34)16-33/h1,6-7,14-15,20,42H,4-5,8-13,16-18H2,2H3/t20-,33+/m1/s1. The molecule has 0 aliphatic carbocycles. The fourth-order valence-corrected chi connectivity index (χ4v) is 7.08. The first-order valence-corrected chi connectivity index (χ1v) is 15.0. The highest BCUT2D eigenvalue weighted by atomic mass is 19.1. The summed E-state index contributed by atoms with van der Waals surface area (Å²) in [7, 11) is 1.40. The summed E-state index contributed by atoms with van der Waals surface area (Å²) in [6.07, 6.45) is 7.53. The van der Waals surface area contributed by atoms with Crippen molar-refractivity contribution in [2.24, 2.45) is 0 Å². The molecule has 0 radical (unpaired) electrons. The molecule has 5 heterocycles. The van der Waals surface area contributed by atoms with Crippen LogP contribution in [0.1, 0.15) is 31.2 Å². The Balaban J connectivity index is 1.43. The first kappa shape index (κ1) is 29.4. The third-order valence-corrected chi connectivity index (χ3v) is 9.11. The topological polar surface area (TPSA) is 93.1 Å². The van der Waals surface area contributed by atoms with Gasteiger partial charge in [-0.25, -0.2) is 18.2 Å². The van der Waals surface area contributed by atoms with E-state index in [9.17, 15) is 13.9 Å². The highest BCUT2D eigenvalue weighted by Crippen LogP contribution is 2.43. The number of hydrogen-bond acceptors (Lipinski definition) is 9. The van der Waals surface area contributed by atoms with E-state index in [0.29, 0.717) is 56.9 Å². The first-order valence-electron chi connectivity index (χ1n) is 15.0. The van der Waals surface area contributed by atoms with Gasteiger partial charge in [-0.3, -0.25) is 4.90 Å². The molecule has 3 saturated heterocycles. The Labute approximate surface area is 257 Å². The molecule has 12 heteroatoms. The number of phenols is 1. The van der Waals surface area contributed by atoms with E-state index in [1.54, 1.807) is 0 Å². The number of hydrogen-bond donors (Lipinski definition) is 1. The molecule has 0 bridgehead atoms. The molecular weight excluding hydrogens is 587 g/mol. The summed E-state index contributed by atoms with van der Waals surface area (Å²) in [5.74, 6) is 1.03. The second-order valence-corrected chi connectivity index (χ2v) is 11.8. The minimum atomic E-state index is -0.940. The Morgan fingerprint density at radius 3 is 2.80 bits per heavy atom. The lowest BCUT2D eigenvalue weighted by molar-refractivity contribution is 0.107. The molecule has 0 unspecified atom stereocenters. The average Bonchev–Trinajstić information content (AvgIpc) is 3.41. The monoisotopic (exact) mass is 619 g/mol. The normalized spacial score (nSPS) is 22.0. The predicted octanol–water partition coefficient (Wildman–Crippen LogP) is 5.00. The number of aromatic hydroxyl groups is 1. The van der Waals surface area contributed by atoms with Crippen LogP contribution >= 0.6 is 0 Å². The summed E-state index contributed by atoms with van der Waals surface area (Å²) in [5.41, 5.74) is -0.866. The van der Waals surface area contributed by atoms with Crippen LogP contribution in [0.3, 0.4) is 0 Å². The second kappa shape index (κ2) is 11.5. The SMILES string of the molecule is C#Cc1c(F)ccc2cc(O)cc(-c3nc(OC)c4c(N5CCCOCC5)nc(OC[C@@]56CCCN5C[C@H](F)C6)nc4c3F)c12. The summed E-state index contributed by atoms with van der Waals surface area (Å²) in [5, 5.41) is 11.4. The number of benzene rings is 2. The highest BCUT2D eigenvalue weighted by Gasteiger charge is 2.49. The number of nitrogens with zero attached hydrogens (tertiary/aromatic N) is 5. The number of fused-ring (bicyclic) bond motifs is 3. The van der Waals surface area contributed by atoms with Gasteiger partial charge in [-0.15, -0.1) is 6.42 Å². The van der Waals surface area contributed by atoms with Gasteiger partial charge in [0.2, 0.25) is 5.88 Å². The Hall–Kier alpha value is -4.34. The minimum Gasteiger partial charge on any atom is -0.508 e. The molecule has 2 aromatic heterocycles. The maximum atomic E-state index is 16.9. The zero-order chi connectivity index (χ0) is 31.3. The van der Waals surface area contributed by atoms with Gasteiger partial charge in [-0.2, -0.15) is 9.97 Å². The highest BCUT2D eigenvalue weighted by molar-refractivity contribution is 6.04. The predicted molar refractivity (Wildman–Crippen MR) is 163 cm³/mol. The summed E-state index contributed by atoms with van der Waals surface area (Å²) >= 11 is 0. The molecule has 3 aliphatic heterocycles. The van der Waals surface area contributed by atoms with Gasteiger partial charge in [-0.05, 0) is 49.4 Å². The Morgan fingerprint density at radius 1 is 1.11 bits per heavy atom. The van der Waals surface area contributed by atoms with Crippen molar-refractivity contribution in [2.75, 3.05) is 58.0 Å². The van der Waals surface area contributed by atoms with E-state index in [1.165, 1.54) is 31.4 Å². The third-order valence-electron chi connectivity index (χ3n) is 9.11.